The molecular formula is C20H18N2O4S. The molecule has 1 aliphatic heterocycles. The Kier molecular flexibility index (Phi) is 5.02. The first-order chi connectivity index (χ1) is 13.2. The van der Waals surface area contributed by atoms with Crippen LogP contribution in [0.3, 0.4) is 0 Å². The summed E-state index contributed by atoms with van der Waals surface area (Å²) in [4.78, 5) is 30.4. The minimum Gasteiger partial charge on any atom is -0.462 e. The highest BCUT2D eigenvalue weighted by molar-refractivity contribution is 7.13. The molecule has 0 spiro atoms. The zero-order chi connectivity index (χ0) is 18.6. The molecule has 1 aliphatic rings. The topological polar surface area (TPSA) is 72.6 Å². The predicted molar refractivity (Wildman–Crippen MR) is 100 cm³/mol. The fraction of sp³-hybridized carbons (Fsp3) is 0.250. The van der Waals surface area contributed by atoms with Crippen LogP contribution in [0.15, 0.2) is 52.5 Å². The first-order valence-electron chi connectivity index (χ1n) is 8.71. The second-order valence-corrected chi connectivity index (χ2v) is 7.17. The van der Waals surface area contributed by atoms with Gasteiger partial charge in [0, 0.05) is 24.9 Å². The van der Waals surface area contributed by atoms with E-state index in [1.54, 1.807) is 24.5 Å². The van der Waals surface area contributed by atoms with E-state index in [9.17, 15) is 9.59 Å². The molecule has 0 unspecified atom stereocenters. The van der Waals surface area contributed by atoms with Gasteiger partial charge in [-0.15, -0.1) is 11.3 Å². The number of likely N-dealkylation sites (tertiary alicyclic amines) is 1. The summed E-state index contributed by atoms with van der Waals surface area (Å²) in [5.41, 5.74) is 2.08. The summed E-state index contributed by atoms with van der Waals surface area (Å²) < 4.78 is 10.7. The smallest absolute Gasteiger partial charge is 0.338 e. The van der Waals surface area contributed by atoms with Crippen LogP contribution in [0.1, 0.15) is 34.5 Å². The first kappa shape index (κ1) is 17.5. The van der Waals surface area contributed by atoms with Crippen LogP contribution in [0.2, 0.25) is 0 Å². The van der Waals surface area contributed by atoms with E-state index < -0.39 is 5.97 Å². The lowest BCUT2D eigenvalue weighted by Gasteiger charge is -2.15. The Morgan fingerprint density at radius 1 is 1.30 bits per heavy atom. The maximum Gasteiger partial charge on any atom is 0.338 e. The molecule has 0 saturated carbocycles. The number of rotatable bonds is 6. The second kappa shape index (κ2) is 7.75. The molecule has 0 radical (unpaired) electrons. The van der Waals surface area contributed by atoms with Crippen molar-refractivity contribution < 1.29 is 18.7 Å². The van der Waals surface area contributed by atoms with Crippen LogP contribution in [-0.2, 0) is 22.7 Å². The predicted octanol–water partition coefficient (Wildman–Crippen LogP) is 3.88. The van der Waals surface area contributed by atoms with Crippen molar-refractivity contribution in [1.82, 2.24) is 9.88 Å². The Morgan fingerprint density at radius 2 is 2.22 bits per heavy atom. The van der Waals surface area contributed by atoms with Gasteiger partial charge in [0.05, 0.1) is 17.5 Å². The van der Waals surface area contributed by atoms with Gasteiger partial charge in [-0.05, 0) is 36.2 Å². The van der Waals surface area contributed by atoms with E-state index >= 15 is 0 Å². The average Bonchev–Trinajstić information content (AvgIpc) is 3.42. The van der Waals surface area contributed by atoms with Crippen molar-refractivity contribution in [3.8, 4) is 10.8 Å². The van der Waals surface area contributed by atoms with E-state index in [1.807, 2.05) is 28.5 Å². The quantitative estimate of drug-likeness (QED) is 0.605. The molecular weight excluding hydrogens is 364 g/mol. The van der Waals surface area contributed by atoms with Gasteiger partial charge in [0.15, 0.2) is 10.8 Å². The van der Waals surface area contributed by atoms with E-state index in [2.05, 4.69) is 4.98 Å². The molecule has 0 N–H and O–H groups in total. The number of thiazole rings is 1. The number of ether oxygens (including phenoxy) is 1. The molecule has 7 heteroatoms. The van der Waals surface area contributed by atoms with Crippen molar-refractivity contribution in [2.75, 3.05) is 6.54 Å². The van der Waals surface area contributed by atoms with Crippen molar-refractivity contribution in [3.05, 3.63) is 64.9 Å². The summed E-state index contributed by atoms with van der Waals surface area (Å²) in [5, 5.41) is 2.60. The lowest BCUT2D eigenvalue weighted by molar-refractivity contribution is -0.128. The number of amides is 1. The standard InChI is InChI=1S/C20H18N2O4S/c23-18-7-2-8-22(18)11-14-4-1-5-15(10-14)20(24)26-12-16-13-27-19(21-16)17-6-3-9-25-17/h1,3-6,9-10,13H,2,7-8,11-12H2. The molecule has 3 aromatic rings. The maximum absolute atomic E-state index is 12.4. The lowest BCUT2D eigenvalue weighted by Crippen LogP contribution is -2.23. The number of aromatic nitrogens is 1. The van der Waals surface area contributed by atoms with Crippen molar-refractivity contribution >= 4 is 23.2 Å². The molecule has 2 aromatic heterocycles. The third-order valence-corrected chi connectivity index (χ3v) is 5.25. The number of furan rings is 1. The Balaban J connectivity index is 1.37. The number of esters is 1. The van der Waals surface area contributed by atoms with Gasteiger partial charge >= 0.3 is 5.97 Å². The van der Waals surface area contributed by atoms with Crippen molar-refractivity contribution in [2.45, 2.75) is 26.0 Å². The minimum atomic E-state index is -0.405. The largest absolute Gasteiger partial charge is 0.462 e. The van der Waals surface area contributed by atoms with Crippen molar-refractivity contribution in [1.29, 1.82) is 0 Å². The summed E-state index contributed by atoms with van der Waals surface area (Å²) in [6.45, 7) is 1.40. The first-order valence-corrected chi connectivity index (χ1v) is 9.59. The van der Waals surface area contributed by atoms with Crippen LogP contribution >= 0.6 is 11.3 Å². The fourth-order valence-corrected chi connectivity index (χ4v) is 3.77. The van der Waals surface area contributed by atoms with Gasteiger partial charge in [-0.2, -0.15) is 0 Å². The highest BCUT2D eigenvalue weighted by Gasteiger charge is 2.20. The Bertz CT molecular complexity index is 949. The lowest BCUT2D eigenvalue weighted by atomic mass is 10.1. The van der Waals surface area contributed by atoms with Gasteiger partial charge < -0.3 is 14.1 Å². The van der Waals surface area contributed by atoms with Gasteiger partial charge in [0.25, 0.3) is 0 Å². The molecule has 4 rings (SSSR count). The summed E-state index contributed by atoms with van der Waals surface area (Å²) in [7, 11) is 0. The van der Waals surface area contributed by atoms with Gasteiger partial charge in [-0.25, -0.2) is 9.78 Å². The van der Waals surface area contributed by atoms with E-state index in [1.165, 1.54) is 11.3 Å². The number of hydrogen-bond acceptors (Lipinski definition) is 6. The molecule has 1 fully saturated rings. The molecule has 1 aromatic carbocycles. The second-order valence-electron chi connectivity index (χ2n) is 6.32. The van der Waals surface area contributed by atoms with Crippen LogP contribution in [0.4, 0.5) is 0 Å². The molecule has 27 heavy (non-hydrogen) atoms. The molecule has 1 saturated heterocycles. The fourth-order valence-electron chi connectivity index (χ4n) is 3.00. The zero-order valence-corrected chi connectivity index (χ0v) is 15.4. The molecule has 3 heterocycles. The average molecular weight is 382 g/mol. The van der Waals surface area contributed by atoms with E-state index in [4.69, 9.17) is 9.15 Å². The van der Waals surface area contributed by atoms with Crippen LogP contribution in [0.25, 0.3) is 10.8 Å². The van der Waals surface area contributed by atoms with E-state index in [-0.39, 0.29) is 12.5 Å². The number of benzene rings is 1. The molecule has 6 nitrogen and oxygen atoms in total. The molecule has 0 aliphatic carbocycles. The normalized spacial score (nSPS) is 13.9. The summed E-state index contributed by atoms with van der Waals surface area (Å²) >= 11 is 1.44. The van der Waals surface area contributed by atoms with E-state index in [0.717, 1.165) is 23.5 Å². The maximum atomic E-state index is 12.4. The highest BCUT2D eigenvalue weighted by Crippen LogP contribution is 2.24. The highest BCUT2D eigenvalue weighted by atomic mass is 32.1. The van der Waals surface area contributed by atoms with Crippen LogP contribution < -0.4 is 0 Å². The summed E-state index contributed by atoms with van der Waals surface area (Å²) in [5.74, 6) is 0.456. The summed E-state index contributed by atoms with van der Waals surface area (Å²) in [6.07, 6.45) is 3.10. The SMILES string of the molecule is O=C(OCc1csc(-c2ccco2)n1)c1cccc(CN2CCCC2=O)c1. The number of nitrogens with zero attached hydrogens (tertiary/aromatic N) is 2. The number of carbonyl (C=O) groups is 2. The number of carbonyl (C=O) groups excluding carboxylic acids is 2. The minimum absolute atomic E-state index is 0.102. The monoisotopic (exact) mass is 382 g/mol. The van der Waals surface area contributed by atoms with Crippen LogP contribution in [-0.4, -0.2) is 28.3 Å². The van der Waals surface area contributed by atoms with Crippen LogP contribution in [0, 0.1) is 0 Å². The van der Waals surface area contributed by atoms with Gasteiger partial charge in [-0.3, -0.25) is 4.79 Å². The summed E-state index contributed by atoms with van der Waals surface area (Å²) in [6, 6.07) is 10.9. The van der Waals surface area contributed by atoms with Gasteiger partial charge in [0.2, 0.25) is 5.91 Å². The van der Waals surface area contributed by atoms with Gasteiger partial charge in [0.1, 0.15) is 6.61 Å². The van der Waals surface area contributed by atoms with Crippen molar-refractivity contribution in [2.24, 2.45) is 0 Å². The third-order valence-electron chi connectivity index (χ3n) is 4.34. The molecule has 1 amide bonds. The van der Waals surface area contributed by atoms with E-state index in [0.29, 0.717) is 30.0 Å². The Hall–Kier alpha value is -2.93. The van der Waals surface area contributed by atoms with Crippen molar-refractivity contribution in [3.63, 3.8) is 0 Å². The van der Waals surface area contributed by atoms with Crippen LogP contribution in [0.5, 0.6) is 0 Å². The Labute approximate surface area is 160 Å². The molecule has 0 bridgehead atoms. The molecule has 138 valence electrons. The number of hydrogen-bond donors (Lipinski definition) is 0. The molecule has 0 atom stereocenters. The van der Waals surface area contributed by atoms with Gasteiger partial charge in [-0.1, -0.05) is 12.1 Å². The third kappa shape index (κ3) is 4.09. The Morgan fingerprint density at radius 3 is 3.00 bits per heavy atom. The zero-order valence-electron chi connectivity index (χ0n) is 14.6.